The van der Waals surface area contributed by atoms with Gasteiger partial charge in [-0.05, 0) is 36.6 Å². The molecule has 156 valence electrons. The predicted octanol–water partition coefficient (Wildman–Crippen LogP) is 3.70. The first kappa shape index (κ1) is 20.5. The lowest BCUT2D eigenvalue weighted by Crippen LogP contribution is -2.34. The van der Waals surface area contributed by atoms with Crippen molar-refractivity contribution in [2.45, 2.75) is 38.1 Å². The lowest BCUT2D eigenvalue weighted by atomic mass is 9.99. The van der Waals surface area contributed by atoms with E-state index in [1.54, 1.807) is 18.2 Å². The fourth-order valence-electron chi connectivity index (χ4n) is 3.36. The molecule has 1 aliphatic heterocycles. The van der Waals surface area contributed by atoms with Gasteiger partial charge in [0.1, 0.15) is 11.9 Å². The SMILES string of the molecule is CCC(C)C(N=C1NS(=O)(=O)c2ccccc21)C(=O)Nc1nc2c(C)cccc2s1. The number of carbonyl (C=O) groups is 1. The third-order valence-electron chi connectivity index (χ3n) is 5.23. The smallest absolute Gasteiger partial charge is 0.263 e. The van der Waals surface area contributed by atoms with Crippen LogP contribution in [0.1, 0.15) is 31.4 Å². The molecule has 0 bridgehead atoms. The van der Waals surface area contributed by atoms with Gasteiger partial charge in [-0.25, -0.2) is 13.4 Å². The maximum absolute atomic E-state index is 13.1. The Morgan fingerprint density at radius 1 is 1.23 bits per heavy atom. The summed E-state index contributed by atoms with van der Waals surface area (Å²) in [5.74, 6) is -0.200. The normalized spacial score (nSPS) is 18.0. The number of amides is 1. The number of nitrogens with zero attached hydrogens (tertiary/aromatic N) is 2. The van der Waals surface area contributed by atoms with Crippen molar-refractivity contribution in [3.63, 3.8) is 0 Å². The summed E-state index contributed by atoms with van der Waals surface area (Å²) in [5, 5.41) is 3.38. The van der Waals surface area contributed by atoms with Crippen molar-refractivity contribution in [3.8, 4) is 0 Å². The van der Waals surface area contributed by atoms with Crippen LogP contribution in [-0.2, 0) is 14.8 Å². The molecule has 0 radical (unpaired) electrons. The minimum absolute atomic E-state index is 0.0918. The second kappa shape index (κ2) is 7.81. The highest BCUT2D eigenvalue weighted by Crippen LogP contribution is 2.29. The number of anilines is 1. The van der Waals surface area contributed by atoms with E-state index in [0.29, 0.717) is 17.1 Å². The zero-order chi connectivity index (χ0) is 21.5. The molecular formula is C21H22N4O3S2. The van der Waals surface area contributed by atoms with Crippen LogP contribution in [0.2, 0.25) is 0 Å². The van der Waals surface area contributed by atoms with Gasteiger partial charge in [-0.2, -0.15) is 0 Å². The molecule has 2 unspecified atom stereocenters. The van der Waals surface area contributed by atoms with Crippen LogP contribution in [0.3, 0.4) is 0 Å². The van der Waals surface area contributed by atoms with Gasteiger partial charge in [0.15, 0.2) is 5.13 Å². The number of hydrogen-bond acceptors (Lipinski definition) is 6. The topological polar surface area (TPSA) is 101 Å². The Labute approximate surface area is 179 Å². The third kappa shape index (κ3) is 3.70. The molecule has 1 amide bonds. The van der Waals surface area contributed by atoms with E-state index in [1.165, 1.54) is 17.4 Å². The molecule has 4 rings (SSSR count). The fraction of sp³-hybridized carbons (Fsp3) is 0.286. The first-order valence-corrected chi connectivity index (χ1v) is 12.0. The van der Waals surface area contributed by atoms with Gasteiger partial charge in [0.25, 0.3) is 15.9 Å². The molecule has 3 aromatic rings. The maximum atomic E-state index is 13.1. The zero-order valence-corrected chi connectivity index (χ0v) is 18.5. The van der Waals surface area contributed by atoms with E-state index >= 15 is 0 Å². The average molecular weight is 443 g/mol. The summed E-state index contributed by atoms with van der Waals surface area (Å²) in [6.07, 6.45) is 0.711. The van der Waals surface area contributed by atoms with Crippen LogP contribution in [0.25, 0.3) is 10.2 Å². The molecule has 2 atom stereocenters. The van der Waals surface area contributed by atoms with Crippen LogP contribution in [-0.4, -0.2) is 31.2 Å². The van der Waals surface area contributed by atoms with Gasteiger partial charge < -0.3 is 5.32 Å². The maximum Gasteiger partial charge on any atom is 0.263 e. The fourth-order valence-corrected chi connectivity index (χ4v) is 5.54. The van der Waals surface area contributed by atoms with Crippen LogP contribution >= 0.6 is 11.3 Å². The Morgan fingerprint density at radius 2 is 2.00 bits per heavy atom. The minimum Gasteiger partial charge on any atom is -0.300 e. The van der Waals surface area contributed by atoms with Crippen LogP contribution in [0.5, 0.6) is 0 Å². The minimum atomic E-state index is -3.66. The van der Waals surface area contributed by atoms with Gasteiger partial charge in [-0.15, -0.1) is 0 Å². The molecule has 0 saturated carbocycles. The van der Waals surface area contributed by atoms with Crippen LogP contribution in [0.4, 0.5) is 5.13 Å². The van der Waals surface area contributed by atoms with Gasteiger partial charge in [0.05, 0.1) is 15.1 Å². The highest BCUT2D eigenvalue weighted by atomic mass is 32.2. The van der Waals surface area contributed by atoms with E-state index in [2.05, 4.69) is 20.0 Å². The second-order valence-electron chi connectivity index (χ2n) is 7.34. The molecule has 1 aliphatic rings. The summed E-state index contributed by atoms with van der Waals surface area (Å²) in [6.45, 7) is 5.87. The van der Waals surface area contributed by atoms with Gasteiger partial charge in [0, 0.05) is 5.56 Å². The van der Waals surface area contributed by atoms with Gasteiger partial charge in [-0.3, -0.25) is 14.5 Å². The number of nitrogens with one attached hydrogen (secondary N) is 2. The van der Waals surface area contributed by atoms with Crippen LogP contribution in [0.15, 0.2) is 52.4 Å². The zero-order valence-electron chi connectivity index (χ0n) is 16.8. The lowest BCUT2D eigenvalue weighted by Gasteiger charge is -2.18. The monoisotopic (exact) mass is 442 g/mol. The molecule has 1 aromatic heterocycles. The molecule has 0 fully saturated rings. The molecule has 2 N–H and O–H groups in total. The van der Waals surface area contributed by atoms with Crippen LogP contribution < -0.4 is 10.0 Å². The average Bonchev–Trinajstić information content (AvgIpc) is 3.24. The number of thiazole rings is 1. The largest absolute Gasteiger partial charge is 0.300 e. The molecule has 0 saturated heterocycles. The molecular weight excluding hydrogens is 420 g/mol. The summed E-state index contributed by atoms with van der Waals surface area (Å²) < 4.78 is 28.2. The van der Waals surface area contributed by atoms with E-state index in [9.17, 15) is 13.2 Å². The standard InChI is InChI=1S/C21H22N4O3S2/c1-4-12(2)18(22-19-14-9-5-6-11-16(14)30(27,28)25-19)20(26)24-21-23-17-13(3)8-7-10-15(17)29-21/h5-12,18H,4H2,1-3H3,(H,22,25)(H,23,24,26). The number of para-hydroxylation sites is 1. The number of rotatable bonds is 5. The first-order valence-electron chi connectivity index (χ1n) is 9.67. The number of amidine groups is 1. The quantitative estimate of drug-likeness (QED) is 0.629. The van der Waals surface area contributed by atoms with Crippen molar-refractivity contribution in [1.82, 2.24) is 9.71 Å². The third-order valence-corrected chi connectivity index (χ3v) is 7.57. The molecule has 2 heterocycles. The molecule has 2 aromatic carbocycles. The van der Waals surface area contributed by atoms with Gasteiger partial charge in [-0.1, -0.05) is 55.9 Å². The summed E-state index contributed by atoms with van der Waals surface area (Å²) in [5.41, 5.74) is 2.39. The predicted molar refractivity (Wildman–Crippen MR) is 120 cm³/mol. The molecule has 7 nitrogen and oxygen atoms in total. The summed E-state index contributed by atoms with van der Waals surface area (Å²) in [6, 6.07) is 11.8. The van der Waals surface area contributed by atoms with E-state index in [-0.39, 0.29) is 22.6 Å². The number of hydrogen-bond donors (Lipinski definition) is 2. The van der Waals surface area contributed by atoms with E-state index in [1.807, 2.05) is 39.0 Å². The van der Waals surface area contributed by atoms with Crippen molar-refractivity contribution in [2.75, 3.05) is 5.32 Å². The highest BCUT2D eigenvalue weighted by molar-refractivity contribution is 7.90. The molecule has 9 heteroatoms. The van der Waals surface area contributed by atoms with Gasteiger partial charge >= 0.3 is 0 Å². The van der Waals surface area contributed by atoms with Crippen LogP contribution in [0, 0.1) is 12.8 Å². The molecule has 30 heavy (non-hydrogen) atoms. The number of benzene rings is 2. The van der Waals surface area contributed by atoms with E-state index in [0.717, 1.165) is 15.8 Å². The second-order valence-corrected chi connectivity index (χ2v) is 10.0. The first-order chi connectivity index (χ1) is 14.3. The summed E-state index contributed by atoms with van der Waals surface area (Å²) in [4.78, 5) is 22.4. The molecule has 0 spiro atoms. The Balaban J connectivity index is 1.67. The highest BCUT2D eigenvalue weighted by Gasteiger charge is 2.33. The van der Waals surface area contributed by atoms with Crippen molar-refractivity contribution in [3.05, 3.63) is 53.6 Å². The summed E-state index contributed by atoms with van der Waals surface area (Å²) >= 11 is 1.40. The number of aliphatic imine (C=N–C) groups is 1. The Kier molecular flexibility index (Phi) is 5.33. The Morgan fingerprint density at radius 3 is 2.73 bits per heavy atom. The van der Waals surface area contributed by atoms with Crippen molar-refractivity contribution in [1.29, 1.82) is 0 Å². The lowest BCUT2D eigenvalue weighted by molar-refractivity contribution is -0.118. The van der Waals surface area contributed by atoms with Crippen molar-refractivity contribution in [2.24, 2.45) is 10.9 Å². The number of carbonyl (C=O) groups excluding carboxylic acids is 1. The van der Waals surface area contributed by atoms with E-state index < -0.39 is 16.1 Å². The number of aryl methyl sites for hydroxylation is 1. The Hall–Kier alpha value is -2.78. The molecule has 0 aliphatic carbocycles. The van der Waals surface area contributed by atoms with Crippen molar-refractivity contribution < 1.29 is 13.2 Å². The van der Waals surface area contributed by atoms with Crippen molar-refractivity contribution >= 4 is 48.5 Å². The Bertz CT molecular complexity index is 1260. The number of aromatic nitrogens is 1. The number of fused-ring (bicyclic) bond motifs is 2. The van der Waals surface area contributed by atoms with Gasteiger partial charge in [0.2, 0.25) is 0 Å². The summed E-state index contributed by atoms with van der Waals surface area (Å²) in [7, 11) is -3.66. The number of sulfonamides is 1. The van der Waals surface area contributed by atoms with E-state index in [4.69, 9.17) is 0 Å².